The monoisotopic (exact) mass is 496 g/mol. The molecule has 0 bridgehead atoms. The van der Waals surface area contributed by atoms with Crippen LogP contribution in [0.2, 0.25) is 0 Å². The highest BCUT2D eigenvalue weighted by Crippen LogP contribution is 2.47. The second-order valence-corrected chi connectivity index (χ2v) is 10.2. The van der Waals surface area contributed by atoms with E-state index in [1.54, 1.807) is 0 Å². The number of hydrogen-bond donors (Lipinski definition) is 0. The molecule has 39 heavy (non-hydrogen) atoms. The van der Waals surface area contributed by atoms with Gasteiger partial charge in [-0.3, -0.25) is 0 Å². The molecule has 0 atom stereocenters. The van der Waals surface area contributed by atoms with E-state index in [1.165, 1.54) is 60.5 Å². The van der Waals surface area contributed by atoms with Crippen LogP contribution in [-0.2, 0) is 0 Å². The Kier molecular flexibility index (Phi) is 4.89. The summed E-state index contributed by atoms with van der Waals surface area (Å²) in [5, 5.41) is 4.94. The van der Waals surface area contributed by atoms with Gasteiger partial charge in [0.2, 0.25) is 0 Å². The lowest BCUT2D eigenvalue weighted by atomic mass is 9.92. The van der Waals surface area contributed by atoms with Gasteiger partial charge in [0.15, 0.2) is 0 Å². The minimum absolute atomic E-state index is 0.910. The van der Waals surface area contributed by atoms with E-state index in [9.17, 15) is 0 Å². The Labute approximate surface area is 227 Å². The summed E-state index contributed by atoms with van der Waals surface area (Å²) in [7, 11) is 0. The third-order valence-corrected chi connectivity index (χ3v) is 7.89. The fraction of sp³-hybridized carbons (Fsp3) is 0. The second kappa shape index (κ2) is 8.72. The van der Waals surface area contributed by atoms with Gasteiger partial charge in [0.1, 0.15) is 11.5 Å². The molecule has 0 N–H and O–H groups in total. The number of hydrogen-bond acceptors (Lipinski definition) is 1. The van der Waals surface area contributed by atoms with E-state index in [4.69, 9.17) is 4.74 Å². The molecule has 1 aliphatic rings. The van der Waals surface area contributed by atoms with Gasteiger partial charge in [0.25, 0.3) is 0 Å². The van der Waals surface area contributed by atoms with Crippen molar-refractivity contribution in [1.29, 1.82) is 0 Å². The highest BCUT2D eigenvalue weighted by Gasteiger charge is 2.20. The van der Waals surface area contributed by atoms with Gasteiger partial charge >= 0.3 is 0 Å². The molecule has 1 nitrogen and oxygen atoms in total. The maximum Gasteiger partial charge on any atom is 0.135 e. The summed E-state index contributed by atoms with van der Waals surface area (Å²) < 4.78 is 6.28. The third kappa shape index (κ3) is 3.63. The molecule has 0 aliphatic carbocycles. The molecule has 7 aromatic rings. The zero-order valence-corrected chi connectivity index (χ0v) is 21.3. The van der Waals surface area contributed by atoms with E-state index >= 15 is 0 Å². The summed E-state index contributed by atoms with van der Waals surface area (Å²) in [6.45, 7) is 0. The van der Waals surface area contributed by atoms with Gasteiger partial charge in [-0.25, -0.2) is 0 Å². The van der Waals surface area contributed by atoms with E-state index in [2.05, 4.69) is 146 Å². The molecule has 7 aromatic carbocycles. The summed E-state index contributed by atoms with van der Waals surface area (Å²) >= 11 is 0. The molecule has 0 saturated heterocycles. The normalized spacial score (nSPS) is 11.8. The lowest BCUT2D eigenvalue weighted by molar-refractivity contribution is 0.487. The summed E-state index contributed by atoms with van der Waals surface area (Å²) in [4.78, 5) is 0. The molecule has 0 aromatic heterocycles. The SMILES string of the molecule is c1ccc2c(-c3ccc(-c4ccc(-c5ccc6c(c5)-c5cccc7cccc(c57)O6)cc4)cc3)cccc2c1. The quantitative estimate of drug-likeness (QED) is 0.236. The van der Waals surface area contributed by atoms with Crippen LogP contribution in [0.1, 0.15) is 0 Å². The molecule has 182 valence electrons. The molecule has 8 rings (SSSR count). The van der Waals surface area contributed by atoms with Crippen molar-refractivity contribution in [2.24, 2.45) is 0 Å². The number of fused-ring (bicyclic) bond motifs is 3. The molecule has 1 aliphatic heterocycles. The average molecular weight is 497 g/mol. The van der Waals surface area contributed by atoms with Gasteiger partial charge in [0.05, 0.1) is 0 Å². The van der Waals surface area contributed by atoms with Gasteiger partial charge in [-0.15, -0.1) is 0 Å². The highest BCUT2D eigenvalue weighted by atomic mass is 16.5. The lowest BCUT2D eigenvalue weighted by Gasteiger charge is -2.22. The number of benzene rings is 7. The van der Waals surface area contributed by atoms with Crippen LogP contribution < -0.4 is 4.74 Å². The summed E-state index contributed by atoms with van der Waals surface area (Å²) in [5.74, 6) is 1.84. The van der Waals surface area contributed by atoms with Crippen molar-refractivity contribution >= 4 is 21.5 Å². The first-order chi connectivity index (χ1) is 19.3. The van der Waals surface area contributed by atoms with Crippen LogP contribution in [0.5, 0.6) is 11.5 Å². The average Bonchev–Trinajstić information content (AvgIpc) is 3.01. The molecular weight excluding hydrogens is 472 g/mol. The molecule has 0 fully saturated rings. The Morgan fingerprint density at radius 3 is 1.67 bits per heavy atom. The van der Waals surface area contributed by atoms with Crippen molar-refractivity contribution in [3.05, 3.63) is 146 Å². The molecule has 1 heterocycles. The molecule has 0 saturated carbocycles. The minimum atomic E-state index is 0.910. The number of rotatable bonds is 3. The van der Waals surface area contributed by atoms with Gasteiger partial charge in [0, 0.05) is 10.9 Å². The van der Waals surface area contributed by atoms with Crippen LogP contribution in [0.4, 0.5) is 0 Å². The lowest BCUT2D eigenvalue weighted by Crippen LogP contribution is -1.97. The standard InChI is InChI=1S/C38H24O/c1-2-10-32-28(6-1)7-3-11-33(32)29-20-18-26(19-21-29)25-14-16-27(17-15-25)31-22-23-36-35(24-31)34-12-4-8-30-9-5-13-37(39-36)38(30)34/h1-24H. The predicted molar refractivity (Wildman–Crippen MR) is 163 cm³/mol. The van der Waals surface area contributed by atoms with Crippen molar-refractivity contribution in [2.45, 2.75) is 0 Å². The molecule has 0 spiro atoms. The van der Waals surface area contributed by atoms with Crippen LogP contribution >= 0.6 is 0 Å². The smallest absolute Gasteiger partial charge is 0.135 e. The Balaban J connectivity index is 1.11. The first-order valence-electron chi connectivity index (χ1n) is 13.3. The topological polar surface area (TPSA) is 9.23 Å². The minimum Gasteiger partial charge on any atom is -0.456 e. The summed E-state index contributed by atoms with van der Waals surface area (Å²) in [6.07, 6.45) is 0. The van der Waals surface area contributed by atoms with Crippen LogP contribution in [0.3, 0.4) is 0 Å². The highest BCUT2D eigenvalue weighted by molar-refractivity contribution is 6.04. The van der Waals surface area contributed by atoms with E-state index < -0.39 is 0 Å². The molecule has 0 unspecified atom stereocenters. The van der Waals surface area contributed by atoms with Crippen molar-refractivity contribution in [2.75, 3.05) is 0 Å². The second-order valence-electron chi connectivity index (χ2n) is 10.2. The Hall–Kier alpha value is -5.14. The Morgan fingerprint density at radius 1 is 0.333 bits per heavy atom. The van der Waals surface area contributed by atoms with Crippen molar-refractivity contribution in [3.8, 4) is 56.0 Å². The first-order valence-corrected chi connectivity index (χ1v) is 13.3. The summed E-state index contributed by atoms with van der Waals surface area (Å²) in [6, 6.07) is 52.1. The molecule has 0 amide bonds. The Bertz CT molecular complexity index is 2000. The van der Waals surface area contributed by atoms with E-state index in [0.717, 1.165) is 17.1 Å². The van der Waals surface area contributed by atoms with E-state index in [1.807, 2.05) is 0 Å². The fourth-order valence-electron chi connectivity index (χ4n) is 5.92. The summed E-state index contributed by atoms with van der Waals surface area (Å²) in [5.41, 5.74) is 9.69. The van der Waals surface area contributed by atoms with Crippen molar-refractivity contribution in [3.63, 3.8) is 0 Å². The van der Waals surface area contributed by atoms with E-state index in [-0.39, 0.29) is 0 Å². The maximum atomic E-state index is 6.28. The predicted octanol–water partition coefficient (Wildman–Crippen LogP) is 10.8. The maximum absolute atomic E-state index is 6.28. The van der Waals surface area contributed by atoms with Crippen molar-refractivity contribution in [1.82, 2.24) is 0 Å². The fourth-order valence-corrected chi connectivity index (χ4v) is 5.92. The zero-order chi connectivity index (χ0) is 25.8. The van der Waals surface area contributed by atoms with Crippen LogP contribution in [0.25, 0.3) is 66.1 Å². The third-order valence-electron chi connectivity index (χ3n) is 7.89. The van der Waals surface area contributed by atoms with Gasteiger partial charge in [-0.05, 0) is 73.3 Å². The van der Waals surface area contributed by atoms with Gasteiger partial charge < -0.3 is 4.74 Å². The van der Waals surface area contributed by atoms with Gasteiger partial charge in [-0.1, -0.05) is 127 Å². The van der Waals surface area contributed by atoms with Gasteiger partial charge in [-0.2, -0.15) is 0 Å². The molecule has 1 heteroatoms. The van der Waals surface area contributed by atoms with Crippen LogP contribution in [-0.4, -0.2) is 0 Å². The zero-order valence-electron chi connectivity index (χ0n) is 21.3. The number of ether oxygens (including phenoxy) is 1. The van der Waals surface area contributed by atoms with Crippen LogP contribution in [0.15, 0.2) is 146 Å². The van der Waals surface area contributed by atoms with Crippen LogP contribution in [0, 0.1) is 0 Å². The molecular formula is C38H24O. The largest absolute Gasteiger partial charge is 0.456 e. The van der Waals surface area contributed by atoms with Crippen molar-refractivity contribution < 1.29 is 4.74 Å². The molecule has 0 radical (unpaired) electrons. The first kappa shape index (κ1) is 21.9. The Morgan fingerprint density at radius 2 is 0.897 bits per heavy atom. The van der Waals surface area contributed by atoms with E-state index in [0.29, 0.717) is 0 Å².